The fourth-order valence-electron chi connectivity index (χ4n) is 1.83. The molecule has 78 valence electrons. The van der Waals surface area contributed by atoms with Gasteiger partial charge in [-0.05, 0) is 19.3 Å². The first-order chi connectivity index (χ1) is 6.90. The molecular weight excluding hydrogens is 200 g/mol. The van der Waals surface area contributed by atoms with Gasteiger partial charge in [-0.2, -0.15) is 0 Å². The lowest BCUT2D eigenvalue weighted by molar-refractivity contribution is 0.142. The van der Waals surface area contributed by atoms with Crippen LogP contribution in [0.3, 0.4) is 0 Å². The summed E-state index contributed by atoms with van der Waals surface area (Å²) < 4.78 is 7.59. The van der Waals surface area contributed by atoms with Gasteiger partial charge in [0.2, 0.25) is 0 Å². The van der Waals surface area contributed by atoms with Crippen LogP contribution in [0, 0.1) is 0 Å². The van der Waals surface area contributed by atoms with Gasteiger partial charge in [-0.3, -0.25) is 0 Å². The summed E-state index contributed by atoms with van der Waals surface area (Å²) in [5.41, 5.74) is 0.955. The van der Waals surface area contributed by atoms with Gasteiger partial charge in [0, 0.05) is 25.5 Å². The van der Waals surface area contributed by atoms with E-state index in [9.17, 15) is 0 Å². The minimum absolute atomic E-state index is 0.496. The van der Waals surface area contributed by atoms with E-state index in [1.165, 1.54) is 6.42 Å². The van der Waals surface area contributed by atoms with Crippen molar-refractivity contribution < 1.29 is 4.74 Å². The summed E-state index contributed by atoms with van der Waals surface area (Å²) >= 11 is 5.71. The molecule has 0 aromatic carbocycles. The number of nitrogens with zero attached hydrogens (tertiary/aromatic N) is 2. The van der Waals surface area contributed by atoms with Crippen LogP contribution in [0.25, 0.3) is 0 Å². The van der Waals surface area contributed by atoms with Gasteiger partial charge in [0.15, 0.2) is 0 Å². The first-order valence-corrected chi connectivity index (χ1v) is 5.59. The Morgan fingerprint density at radius 2 is 2.43 bits per heavy atom. The second-order valence-electron chi connectivity index (χ2n) is 3.64. The maximum Gasteiger partial charge on any atom is 0.0952 e. The van der Waals surface area contributed by atoms with E-state index in [0.29, 0.717) is 11.9 Å². The van der Waals surface area contributed by atoms with Crippen molar-refractivity contribution in [3.8, 4) is 0 Å². The zero-order valence-electron chi connectivity index (χ0n) is 8.16. The third-order valence-electron chi connectivity index (χ3n) is 2.63. The van der Waals surface area contributed by atoms with E-state index >= 15 is 0 Å². The third kappa shape index (κ3) is 2.28. The fraction of sp³-hybridized carbons (Fsp3) is 0.700. The van der Waals surface area contributed by atoms with Crippen LogP contribution >= 0.6 is 11.6 Å². The lowest BCUT2D eigenvalue weighted by Crippen LogP contribution is -2.07. The normalized spacial score (nSPS) is 23.4. The Bertz CT molecular complexity index is 279. The Morgan fingerprint density at radius 3 is 3.21 bits per heavy atom. The Labute approximate surface area is 89.0 Å². The van der Waals surface area contributed by atoms with Gasteiger partial charge in [0.1, 0.15) is 0 Å². The molecule has 0 aliphatic carbocycles. The molecule has 0 N–H and O–H groups in total. The minimum atomic E-state index is 0.496. The highest BCUT2D eigenvalue weighted by Gasteiger charge is 2.14. The lowest BCUT2D eigenvalue weighted by atomic mass is 10.1. The minimum Gasteiger partial charge on any atom is -0.381 e. The molecule has 14 heavy (non-hydrogen) atoms. The van der Waals surface area contributed by atoms with Gasteiger partial charge in [-0.25, -0.2) is 4.98 Å². The Morgan fingerprint density at radius 1 is 1.50 bits per heavy atom. The van der Waals surface area contributed by atoms with Crippen molar-refractivity contribution in [3.63, 3.8) is 0 Å². The van der Waals surface area contributed by atoms with Crippen LogP contribution in [-0.2, 0) is 10.6 Å². The average Bonchev–Trinajstić information content (AvgIpc) is 2.53. The molecule has 1 aromatic rings. The van der Waals surface area contributed by atoms with E-state index in [0.717, 1.165) is 31.7 Å². The van der Waals surface area contributed by atoms with Gasteiger partial charge >= 0.3 is 0 Å². The van der Waals surface area contributed by atoms with Crippen molar-refractivity contribution in [2.45, 2.75) is 31.2 Å². The monoisotopic (exact) mass is 214 g/mol. The first-order valence-electron chi connectivity index (χ1n) is 5.06. The summed E-state index contributed by atoms with van der Waals surface area (Å²) in [6, 6.07) is 0.543. The number of aromatic nitrogens is 2. The van der Waals surface area contributed by atoms with Crippen LogP contribution in [-0.4, -0.2) is 22.8 Å². The average molecular weight is 215 g/mol. The topological polar surface area (TPSA) is 27.1 Å². The number of hydrogen-bond donors (Lipinski definition) is 0. The molecule has 0 radical (unpaired) electrons. The molecule has 1 fully saturated rings. The summed E-state index contributed by atoms with van der Waals surface area (Å²) in [6.45, 7) is 1.76. The summed E-state index contributed by atoms with van der Waals surface area (Å²) in [4.78, 5) is 4.23. The second-order valence-corrected chi connectivity index (χ2v) is 3.91. The molecule has 0 spiro atoms. The third-order valence-corrected chi connectivity index (χ3v) is 2.91. The maximum atomic E-state index is 5.71. The lowest BCUT2D eigenvalue weighted by Gasteiger charge is -2.14. The molecule has 0 saturated carbocycles. The predicted octanol–water partition coefficient (Wildman–Crippen LogP) is 2.36. The fourth-order valence-corrected chi connectivity index (χ4v) is 1.97. The van der Waals surface area contributed by atoms with E-state index in [1.807, 2.05) is 12.5 Å². The van der Waals surface area contributed by atoms with Gasteiger partial charge < -0.3 is 9.30 Å². The van der Waals surface area contributed by atoms with Crippen molar-refractivity contribution in [3.05, 3.63) is 18.2 Å². The van der Waals surface area contributed by atoms with E-state index in [2.05, 4.69) is 9.55 Å². The zero-order valence-corrected chi connectivity index (χ0v) is 8.91. The van der Waals surface area contributed by atoms with Crippen molar-refractivity contribution in [1.82, 2.24) is 9.55 Å². The number of ether oxygens (including phenoxy) is 1. The number of halogens is 1. The quantitative estimate of drug-likeness (QED) is 0.707. The second kappa shape index (κ2) is 4.80. The standard InChI is InChI=1S/C10H15ClN2O/c11-6-9-7-13(8-12-9)10-2-1-4-14-5-3-10/h7-8,10H,1-6H2. The highest BCUT2D eigenvalue weighted by Crippen LogP contribution is 2.21. The van der Waals surface area contributed by atoms with Crippen LogP contribution < -0.4 is 0 Å². The molecule has 0 amide bonds. The molecule has 1 unspecified atom stereocenters. The zero-order chi connectivity index (χ0) is 9.80. The molecule has 2 rings (SSSR count). The van der Waals surface area contributed by atoms with Gasteiger partial charge in [0.05, 0.1) is 17.9 Å². The summed E-state index contributed by atoms with van der Waals surface area (Å²) in [7, 11) is 0. The Hall–Kier alpha value is -0.540. The van der Waals surface area contributed by atoms with Crippen LogP contribution in [0.4, 0.5) is 0 Å². The molecule has 1 saturated heterocycles. The van der Waals surface area contributed by atoms with Crippen molar-refractivity contribution in [2.75, 3.05) is 13.2 Å². The van der Waals surface area contributed by atoms with E-state index < -0.39 is 0 Å². The summed E-state index contributed by atoms with van der Waals surface area (Å²) in [5, 5.41) is 0. The van der Waals surface area contributed by atoms with E-state index in [-0.39, 0.29) is 0 Å². The molecule has 1 aromatic heterocycles. The number of rotatable bonds is 2. The van der Waals surface area contributed by atoms with Crippen LogP contribution in [0.15, 0.2) is 12.5 Å². The molecule has 0 bridgehead atoms. The largest absolute Gasteiger partial charge is 0.381 e. The van der Waals surface area contributed by atoms with Crippen molar-refractivity contribution in [2.24, 2.45) is 0 Å². The molecule has 3 nitrogen and oxygen atoms in total. The number of hydrogen-bond acceptors (Lipinski definition) is 2. The molecule has 1 atom stereocenters. The molecular formula is C10H15ClN2O. The highest BCUT2D eigenvalue weighted by atomic mass is 35.5. The SMILES string of the molecule is ClCc1cn(C2CCCOCC2)cn1. The number of alkyl halides is 1. The summed E-state index contributed by atoms with van der Waals surface area (Å²) in [6.07, 6.45) is 7.33. The van der Waals surface area contributed by atoms with Gasteiger partial charge in [0.25, 0.3) is 0 Å². The van der Waals surface area contributed by atoms with Crippen LogP contribution in [0.5, 0.6) is 0 Å². The van der Waals surface area contributed by atoms with Crippen molar-refractivity contribution in [1.29, 1.82) is 0 Å². The Kier molecular flexibility index (Phi) is 3.43. The molecule has 2 heterocycles. The molecule has 1 aliphatic heterocycles. The molecule has 4 heteroatoms. The van der Waals surface area contributed by atoms with Gasteiger partial charge in [-0.15, -0.1) is 11.6 Å². The van der Waals surface area contributed by atoms with Crippen molar-refractivity contribution >= 4 is 11.6 Å². The first kappa shape index (κ1) is 9.99. The highest BCUT2D eigenvalue weighted by molar-refractivity contribution is 6.16. The smallest absolute Gasteiger partial charge is 0.0952 e. The maximum absolute atomic E-state index is 5.71. The van der Waals surface area contributed by atoms with Gasteiger partial charge in [-0.1, -0.05) is 0 Å². The van der Waals surface area contributed by atoms with E-state index in [4.69, 9.17) is 16.3 Å². The number of imidazole rings is 1. The Balaban J connectivity index is 2.04. The predicted molar refractivity (Wildman–Crippen MR) is 55.5 cm³/mol. The van der Waals surface area contributed by atoms with Crippen LogP contribution in [0.1, 0.15) is 31.0 Å². The molecule has 1 aliphatic rings. The van der Waals surface area contributed by atoms with Crippen LogP contribution in [0.2, 0.25) is 0 Å². The summed E-state index contributed by atoms with van der Waals surface area (Å²) in [5.74, 6) is 0.496. The van der Waals surface area contributed by atoms with E-state index in [1.54, 1.807) is 0 Å².